The van der Waals surface area contributed by atoms with Gasteiger partial charge in [-0.2, -0.15) is 5.10 Å². The zero-order valence-corrected chi connectivity index (χ0v) is 12.3. The number of aryl methyl sites for hydroxylation is 1. The zero-order chi connectivity index (χ0) is 15.4. The largest absolute Gasteiger partial charge is 0.345 e. The van der Waals surface area contributed by atoms with Crippen LogP contribution in [-0.2, 0) is 18.4 Å². The average Bonchev–Trinajstić information content (AvgIpc) is 2.79. The second-order valence-electron chi connectivity index (χ2n) is 4.89. The Bertz CT molecular complexity index is 570. The third-order valence-corrected chi connectivity index (χ3v) is 3.42. The minimum atomic E-state index is -0.315. The molecule has 1 aromatic heterocycles. The number of hydrogen-bond donors (Lipinski definition) is 1. The molecule has 0 aromatic carbocycles. The van der Waals surface area contributed by atoms with Gasteiger partial charge in [0.05, 0.1) is 0 Å². The van der Waals surface area contributed by atoms with Crippen LogP contribution >= 0.6 is 0 Å². The van der Waals surface area contributed by atoms with Crippen molar-refractivity contribution in [1.29, 1.82) is 0 Å². The maximum atomic E-state index is 12.1. The van der Waals surface area contributed by atoms with Crippen LogP contribution in [0.3, 0.4) is 0 Å². The molecule has 1 fully saturated rings. The van der Waals surface area contributed by atoms with Crippen LogP contribution in [0.25, 0.3) is 0 Å². The van der Waals surface area contributed by atoms with Crippen LogP contribution in [0.15, 0.2) is 11.1 Å². The van der Waals surface area contributed by atoms with Gasteiger partial charge in [-0.3, -0.25) is 9.36 Å². The van der Waals surface area contributed by atoms with E-state index < -0.39 is 0 Å². The number of nitrogens with one attached hydrogen (secondary N) is 1. The standard InChI is InChI=1S/C12H20N6O3/c1-3-13-11(20)17-6-4-16(5-7-17)10(19)8-18-12(21)15(2)9-14-18/h9H,3-8H2,1-2H3,(H,13,20). The Morgan fingerprint density at radius 1 is 1.24 bits per heavy atom. The van der Waals surface area contributed by atoms with Gasteiger partial charge in [0.15, 0.2) is 0 Å². The summed E-state index contributed by atoms with van der Waals surface area (Å²) in [5.74, 6) is -0.161. The second kappa shape index (κ2) is 6.42. The Morgan fingerprint density at radius 2 is 1.86 bits per heavy atom. The highest BCUT2D eigenvalue weighted by Gasteiger charge is 2.24. The summed E-state index contributed by atoms with van der Waals surface area (Å²) in [5.41, 5.74) is -0.315. The fourth-order valence-electron chi connectivity index (χ4n) is 2.18. The maximum absolute atomic E-state index is 12.1. The van der Waals surface area contributed by atoms with Gasteiger partial charge in [-0.15, -0.1) is 0 Å². The highest BCUT2D eigenvalue weighted by molar-refractivity contribution is 5.77. The first-order valence-corrected chi connectivity index (χ1v) is 6.92. The molecule has 0 saturated carbocycles. The Kier molecular flexibility index (Phi) is 4.61. The van der Waals surface area contributed by atoms with E-state index in [0.717, 1.165) is 4.68 Å². The lowest BCUT2D eigenvalue weighted by Crippen LogP contribution is -2.53. The van der Waals surface area contributed by atoms with Crippen molar-refractivity contribution in [2.45, 2.75) is 13.5 Å². The topological polar surface area (TPSA) is 92.5 Å². The van der Waals surface area contributed by atoms with Crippen LogP contribution in [0.2, 0.25) is 0 Å². The summed E-state index contributed by atoms with van der Waals surface area (Å²) in [4.78, 5) is 38.8. The molecule has 1 aromatic rings. The lowest BCUT2D eigenvalue weighted by molar-refractivity contribution is -0.133. The first kappa shape index (κ1) is 15.1. The number of rotatable bonds is 3. The Balaban J connectivity index is 1.87. The minimum Gasteiger partial charge on any atom is -0.338 e. The molecule has 1 aliphatic heterocycles. The summed E-state index contributed by atoms with van der Waals surface area (Å²) in [6.45, 7) is 4.31. The maximum Gasteiger partial charge on any atom is 0.345 e. The highest BCUT2D eigenvalue weighted by atomic mass is 16.2. The first-order chi connectivity index (χ1) is 10.0. The molecule has 9 heteroatoms. The van der Waals surface area contributed by atoms with Gasteiger partial charge in [0.1, 0.15) is 12.9 Å². The van der Waals surface area contributed by atoms with Gasteiger partial charge >= 0.3 is 11.7 Å². The van der Waals surface area contributed by atoms with Crippen molar-refractivity contribution in [1.82, 2.24) is 29.5 Å². The number of piperazine rings is 1. The Hall–Kier alpha value is -2.32. The molecule has 1 saturated heterocycles. The van der Waals surface area contributed by atoms with E-state index in [2.05, 4.69) is 10.4 Å². The van der Waals surface area contributed by atoms with Gasteiger partial charge in [0.2, 0.25) is 5.91 Å². The summed E-state index contributed by atoms with van der Waals surface area (Å²) in [6.07, 6.45) is 1.38. The quantitative estimate of drug-likeness (QED) is 0.731. The molecule has 0 bridgehead atoms. The third-order valence-electron chi connectivity index (χ3n) is 3.42. The summed E-state index contributed by atoms with van der Waals surface area (Å²) >= 11 is 0. The number of nitrogens with zero attached hydrogens (tertiary/aromatic N) is 5. The van der Waals surface area contributed by atoms with Crippen molar-refractivity contribution < 1.29 is 9.59 Å². The van der Waals surface area contributed by atoms with Gasteiger partial charge in [-0.25, -0.2) is 14.3 Å². The molecule has 0 spiro atoms. The molecule has 9 nitrogen and oxygen atoms in total. The lowest BCUT2D eigenvalue weighted by atomic mass is 10.3. The normalized spacial score (nSPS) is 15.1. The number of aromatic nitrogens is 3. The van der Waals surface area contributed by atoms with Crippen molar-refractivity contribution in [3.8, 4) is 0 Å². The first-order valence-electron chi connectivity index (χ1n) is 6.92. The van der Waals surface area contributed by atoms with Crippen molar-refractivity contribution in [3.05, 3.63) is 16.8 Å². The summed E-state index contributed by atoms with van der Waals surface area (Å²) in [6, 6.07) is -0.106. The van der Waals surface area contributed by atoms with Crippen LogP contribution in [0.1, 0.15) is 6.92 Å². The molecule has 0 unspecified atom stereocenters. The van der Waals surface area contributed by atoms with Gasteiger partial charge < -0.3 is 15.1 Å². The molecule has 1 N–H and O–H groups in total. The van der Waals surface area contributed by atoms with Crippen LogP contribution in [0, 0.1) is 0 Å². The van der Waals surface area contributed by atoms with E-state index in [-0.39, 0.29) is 24.2 Å². The van der Waals surface area contributed by atoms with Crippen molar-refractivity contribution in [2.75, 3.05) is 32.7 Å². The predicted octanol–water partition coefficient (Wildman–Crippen LogP) is -1.54. The highest BCUT2D eigenvalue weighted by Crippen LogP contribution is 2.03. The number of urea groups is 1. The van der Waals surface area contributed by atoms with E-state index in [1.165, 1.54) is 10.9 Å². The fraction of sp³-hybridized carbons (Fsp3) is 0.667. The second-order valence-corrected chi connectivity index (χ2v) is 4.89. The molecule has 1 aliphatic rings. The number of carbonyl (C=O) groups is 2. The van der Waals surface area contributed by atoms with E-state index in [0.29, 0.717) is 32.7 Å². The van der Waals surface area contributed by atoms with Crippen molar-refractivity contribution in [3.63, 3.8) is 0 Å². The van der Waals surface area contributed by atoms with E-state index in [1.807, 2.05) is 6.92 Å². The lowest BCUT2D eigenvalue weighted by Gasteiger charge is -2.34. The molecule has 21 heavy (non-hydrogen) atoms. The summed E-state index contributed by atoms with van der Waals surface area (Å²) in [7, 11) is 1.58. The van der Waals surface area contributed by atoms with E-state index in [4.69, 9.17) is 0 Å². The monoisotopic (exact) mass is 296 g/mol. The molecule has 116 valence electrons. The predicted molar refractivity (Wildman–Crippen MR) is 74.7 cm³/mol. The van der Waals surface area contributed by atoms with E-state index in [1.54, 1.807) is 16.8 Å². The molecule has 0 radical (unpaired) electrons. The Morgan fingerprint density at radius 3 is 2.38 bits per heavy atom. The molecular formula is C12H20N6O3. The van der Waals surface area contributed by atoms with E-state index >= 15 is 0 Å². The van der Waals surface area contributed by atoms with Gasteiger partial charge in [-0.1, -0.05) is 0 Å². The number of hydrogen-bond acceptors (Lipinski definition) is 4. The number of carbonyl (C=O) groups excluding carboxylic acids is 2. The van der Waals surface area contributed by atoms with Crippen molar-refractivity contribution >= 4 is 11.9 Å². The van der Waals surface area contributed by atoms with Gasteiger partial charge in [0.25, 0.3) is 0 Å². The molecule has 3 amide bonds. The number of amides is 3. The molecule has 0 aliphatic carbocycles. The molecule has 2 rings (SSSR count). The summed E-state index contributed by atoms with van der Waals surface area (Å²) < 4.78 is 2.46. The van der Waals surface area contributed by atoms with E-state index in [9.17, 15) is 14.4 Å². The third kappa shape index (κ3) is 3.41. The summed E-state index contributed by atoms with van der Waals surface area (Å²) in [5, 5.41) is 6.60. The average molecular weight is 296 g/mol. The zero-order valence-electron chi connectivity index (χ0n) is 12.3. The SMILES string of the molecule is CCNC(=O)N1CCN(C(=O)Cn2ncn(C)c2=O)CC1. The Labute approximate surface area is 122 Å². The van der Waals surface area contributed by atoms with Crippen molar-refractivity contribution in [2.24, 2.45) is 7.05 Å². The molecule has 0 atom stereocenters. The minimum absolute atomic E-state index is 0.0686. The molecule has 2 heterocycles. The van der Waals surface area contributed by atoms with Crippen LogP contribution in [-0.4, -0.2) is 68.8 Å². The van der Waals surface area contributed by atoms with Crippen LogP contribution in [0.4, 0.5) is 4.79 Å². The smallest absolute Gasteiger partial charge is 0.338 e. The molecular weight excluding hydrogens is 276 g/mol. The van der Waals surface area contributed by atoms with Crippen LogP contribution in [0.5, 0.6) is 0 Å². The van der Waals surface area contributed by atoms with Gasteiger partial charge in [0, 0.05) is 39.8 Å². The van der Waals surface area contributed by atoms with Gasteiger partial charge in [-0.05, 0) is 6.92 Å². The van der Waals surface area contributed by atoms with Crippen LogP contribution < -0.4 is 11.0 Å². The fourth-order valence-corrected chi connectivity index (χ4v) is 2.18.